The second kappa shape index (κ2) is 8.73. The van der Waals surface area contributed by atoms with Crippen molar-refractivity contribution in [3.05, 3.63) is 48.5 Å². The molecular formula is C18H20N2O3S2. The van der Waals surface area contributed by atoms with E-state index >= 15 is 0 Å². The van der Waals surface area contributed by atoms with E-state index in [0.717, 1.165) is 34.6 Å². The predicted molar refractivity (Wildman–Crippen MR) is 107 cm³/mol. The molecule has 0 bridgehead atoms. The molecule has 2 aromatic rings. The molecule has 0 saturated heterocycles. The van der Waals surface area contributed by atoms with Crippen LogP contribution in [0.2, 0.25) is 0 Å². The lowest BCUT2D eigenvalue weighted by molar-refractivity contribution is 0.267. The van der Waals surface area contributed by atoms with Gasteiger partial charge in [0.15, 0.2) is 0 Å². The Morgan fingerprint density at radius 2 is 1.28 bits per heavy atom. The number of ether oxygens (including phenoxy) is 2. The minimum Gasteiger partial charge on any atom is -0.497 e. The Morgan fingerprint density at radius 1 is 0.880 bits per heavy atom. The van der Waals surface area contributed by atoms with E-state index in [4.69, 9.17) is 21.7 Å². The third-order valence-electron chi connectivity index (χ3n) is 3.38. The molecule has 0 aliphatic heterocycles. The van der Waals surface area contributed by atoms with E-state index in [1.54, 1.807) is 24.0 Å². The van der Waals surface area contributed by atoms with Crippen molar-refractivity contribution in [2.75, 3.05) is 33.2 Å². The van der Waals surface area contributed by atoms with Gasteiger partial charge in [0.25, 0.3) is 5.24 Å². The number of anilines is 2. The Kier molecular flexibility index (Phi) is 6.66. The molecule has 0 fully saturated rings. The van der Waals surface area contributed by atoms with Crippen molar-refractivity contribution < 1.29 is 14.3 Å². The van der Waals surface area contributed by atoms with Crippen molar-refractivity contribution >= 4 is 44.9 Å². The van der Waals surface area contributed by atoms with Gasteiger partial charge in [0.05, 0.1) is 14.2 Å². The molecule has 5 nitrogen and oxygen atoms in total. The molecule has 7 heteroatoms. The number of amides is 1. The number of carbonyl (C=O) groups excluding carboxylic acids is 1. The fourth-order valence-corrected chi connectivity index (χ4v) is 2.88. The minimum absolute atomic E-state index is 0.186. The second-order valence-corrected chi connectivity index (χ2v) is 6.84. The summed E-state index contributed by atoms with van der Waals surface area (Å²) in [6, 6.07) is 14.6. The third-order valence-corrected chi connectivity index (χ3v) is 4.90. The van der Waals surface area contributed by atoms with E-state index in [9.17, 15) is 4.79 Å². The van der Waals surface area contributed by atoms with Crippen LogP contribution in [-0.4, -0.2) is 42.8 Å². The molecule has 1 amide bonds. The lowest BCUT2D eigenvalue weighted by atomic mass is 10.2. The molecule has 0 N–H and O–H groups in total. The van der Waals surface area contributed by atoms with Gasteiger partial charge < -0.3 is 14.4 Å². The summed E-state index contributed by atoms with van der Waals surface area (Å²) in [5.74, 6) is 1.45. The van der Waals surface area contributed by atoms with Crippen molar-refractivity contribution in [3.63, 3.8) is 0 Å². The third kappa shape index (κ3) is 4.87. The average Bonchev–Trinajstić information content (AvgIpc) is 2.63. The standard InChI is InChI=1S/C18H20N2O3S2/c1-19(2)18(24)25-17(21)20(13-5-9-15(22-3)10-6-13)14-7-11-16(23-4)12-8-14/h5-12H,1-4H3. The Hall–Kier alpha value is -2.25. The van der Waals surface area contributed by atoms with E-state index < -0.39 is 0 Å². The number of benzene rings is 2. The molecule has 0 aromatic heterocycles. The Morgan fingerprint density at radius 3 is 1.60 bits per heavy atom. The molecule has 25 heavy (non-hydrogen) atoms. The molecule has 0 unspecified atom stereocenters. The van der Waals surface area contributed by atoms with Crippen molar-refractivity contribution in [3.8, 4) is 11.5 Å². The molecule has 2 rings (SSSR count). The van der Waals surface area contributed by atoms with E-state index in [0.29, 0.717) is 4.32 Å². The van der Waals surface area contributed by atoms with Crippen LogP contribution < -0.4 is 14.4 Å². The van der Waals surface area contributed by atoms with Crippen LogP contribution in [0, 0.1) is 0 Å². The molecule has 132 valence electrons. The molecule has 0 radical (unpaired) electrons. The molecule has 0 atom stereocenters. The van der Waals surface area contributed by atoms with Gasteiger partial charge in [0.1, 0.15) is 15.8 Å². The minimum atomic E-state index is -0.186. The Bertz CT molecular complexity index is 683. The van der Waals surface area contributed by atoms with Crippen LogP contribution in [0.1, 0.15) is 0 Å². The summed E-state index contributed by atoms with van der Waals surface area (Å²) < 4.78 is 10.9. The maximum atomic E-state index is 12.9. The van der Waals surface area contributed by atoms with Gasteiger partial charge in [-0.25, -0.2) is 0 Å². The van der Waals surface area contributed by atoms with Crippen LogP contribution in [0.25, 0.3) is 0 Å². The van der Waals surface area contributed by atoms with Gasteiger partial charge in [-0.1, -0.05) is 12.2 Å². The zero-order valence-electron chi connectivity index (χ0n) is 14.6. The molecule has 0 saturated carbocycles. The second-order valence-electron chi connectivity index (χ2n) is 5.26. The highest BCUT2D eigenvalue weighted by molar-refractivity contribution is 8.32. The summed E-state index contributed by atoms with van der Waals surface area (Å²) in [5, 5.41) is -0.186. The van der Waals surface area contributed by atoms with E-state index in [1.807, 2.05) is 62.6 Å². The maximum absolute atomic E-state index is 12.9. The highest BCUT2D eigenvalue weighted by Crippen LogP contribution is 2.32. The number of thiocarbonyl (C=S) groups is 1. The first kappa shape index (κ1) is 19.1. The van der Waals surface area contributed by atoms with Crippen LogP contribution in [0.3, 0.4) is 0 Å². The number of hydrogen-bond donors (Lipinski definition) is 0. The fourth-order valence-electron chi connectivity index (χ4n) is 2.03. The summed E-state index contributed by atoms with van der Waals surface area (Å²) in [6.45, 7) is 0. The van der Waals surface area contributed by atoms with Crippen LogP contribution >= 0.6 is 24.0 Å². The van der Waals surface area contributed by atoms with Crippen molar-refractivity contribution in [1.29, 1.82) is 0 Å². The van der Waals surface area contributed by atoms with Crippen LogP contribution in [0.15, 0.2) is 48.5 Å². The topological polar surface area (TPSA) is 42.0 Å². The zero-order chi connectivity index (χ0) is 18.4. The smallest absolute Gasteiger partial charge is 0.297 e. The summed E-state index contributed by atoms with van der Waals surface area (Å²) in [5.41, 5.74) is 1.45. The lowest BCUT2D eigenvalue weighted by Crippen LogP contribution is -2.26. The number of carbonyl (C=O) groups is 1. The van der Waals surface area contributed by atoms with E-state index in [-0.39, 0.29) is 5.24 Å². The number of hydrogen-bond acceptors (Lipinski definition) is 5. The first-order valence-electron chi connectivity index (χ1n) is 7.47. The van der Waals surface area contributed by atoms with E-state index in [2.05, 4.69) is 0 Å². The van der Waals surface area contributed by atoms with Gasteiger partial charge in [0, 0.05) is 37.2 Å². The first-order chi connectivity index (χ1) is 12.0. The van der Waals surface area contributed by atoms with E-state index in [1.165, 1.54) is 0 Å². The highest BCUT2D eigenvalue weighted by Gasteiger charge is 2.21. The quantitative estimate of drug-likeness (QED) is 0.730. The first-order valence-corrected chi connectivity index (χ1v) is 8.70. The Balaban J connectivity index is 2.38. The van der Waals surface area contributed by atoms with Gasteiger partial charge in [-0.3, -0.25) is 9.69 Å². The van der Waals surface area contributed by atoms with Gasteiger partial charge in [0.2, 0.25) is 0 Å². The van der Waals surface area contributed by atoms with Gasteiger partial charge >= 0.3 is 0 Å². The Labute approximate surface area is 157 Å². The zero-order valence-corrected chi connectivity index (χ0v) is 16.2. The SMILES string of the molecule is COc1ccc(N(C(=O)SC(=S)N(C)C)c2ccc(OC)cc2)cc1. The summed E-state index contributed by atoms with van der Waals surface area (Å²) in [4.78, 5) is 16.2. The molecular weight excluding hydrogens is 356 g/mol. The van der Waals surface area contributed by atoms with Crippen molar-refractivity contribution in [2.45, 2.75) is 0 Å². The fraction of sp³-hybridized carbons (Fsp3) is 0.222. The average molecular weight is 377 g/mol. The summed E-state index contributed by atoms with van der Waals surface area (Å²) in [6.07, 6.45) is 0. The number of nitrogens with zero attached hydrogens (tertiary/aromatic N) is 2. The normalized spacial score (nSPS) is 10.1. The molecule has 0 aliphatic carbocycles. The van der Waals surface area contributed by atoms with Crippen LogP contribution in [0.4, 0.5) is 16.2 Å². The number of rotatable bonds is 4. The lowest BCUT2D eigenvalue weighted by Gasteiger charge is -2.24. The van der Waals surface area contributed by atoms with Gasteiger partial charge in [-0.2, -0.15) is 0 Å². The summed E-state index contributed by atoms with van der Waals surface area (Å²) in [7, 11) is 6.83. The largest absolute Gasteiger partial charge is 0.497 e. The van der Waals surface area contributed by atoms with Crippen molar-refractivity contribution in [2.24, 2.45) is 0 Å². The monoisotopic (exact) mass is 376 g/mol. The molecule has 0 aliphatic rings. The van der Waals surface area contributed by atoms with Crippen molar-refractivity contribution in [1.82, 2.24) is 4.90 Å². The predicted octanol–water partition coefficient (Wildman–Crippen LogP) is 4.54. The molecule has 0 spiro atoms. The van der Waals surface area contributed by atoms with Crippen LogP contribution in [-0.2, 0) is 0 Å². The molecule has 0 heterocycles. The van der Waals surface area contributed by atoms with Gasteiger partial charge in [-0.05, 0) is 48.5 Å². The molecule has 2 aromatic carbocycles. The maximum Gasteiger partial charge on any atom is 0.297 e. The van der Waals surface area contributed by atoms with Gasteiger partial charge in [-0.15, -0.1) is 0 Å². The number of thioether (sulfide) groups is 1. The number of methoxy groups -OCH3 is 2. The summed E-state index contributed by atoms with van der Waals surface area (Å²) >= 11 is 6.26. The highest BCUT2D eigenvalue weighted by atomic mass is 32.2. The van der Waals surface area contributed by atoms with Crippen LogP contribution in [0.5, 0.6) is 11.5 Å².